The van der Waals surface area contributed by atoms with Crippen molar-refractivity contribution in [3.8, 4) is 0 Å². The molecule has 0 aromatic carbocycles. The molecule has 0 aliphatic heterocycles. The maximum atomic E-state index is 4.35. The summed E-state index contributed by atoms with van der Waals surface area (Å²) in [6.45, 7) is 3.14. The van der Waals surface area contributed by atoms with Crippen LogP contribution in [0.25, 0.3) is 10.2 Å². The fourth-order valence-electron chi connectivity index (χ4n) is 2.27. The number of anilines is 1. The van der Waals surface area contributed by atoms with Crippen molar-refractivity contribution in [1.82, 2.24) is 9.97 Å². The van der Waals surface area contributed by atoms with Gasteiger partial charge in [-0.15, -0.1) is 11.3 Å². The van der Waals surface area contributed by atoms with Gasteiger partial charge >= 0.3 is 0 Å². The second-order valence-electron chi connectivity index (χ2n) is 4.83. The van der Waals surface area contributed by atoms with E-state index in [1.165, 1.54) is 35.9 Å². The molecule has 0 amide bonds. The summed E-state index contributed by atoms with van der Waals surface area (Å²) in [4.78, 5) is 8.68. The van der Waals surface area contributed by atoms with Crippen LogP contribution in [-0.4, -0.2) is 16.5 Å². The second-order valence-corrected chi connectivity index (χ2v) is 5.71. The highest BCUT2D eigenvalue weighted by Crippen LogP contribution is 2.31. The third kappa shape index (κ3) is 2.14. The van der Waals surface area contributed by atoms with Crippen LogP contribution in [0, 0.1) is 12.8 Å². The zero-order chi connectivity index (χ0) is 11.7. The lowest BCUT2D eigenvalue weighted by molar-refractivity contribution is 0.303. The lowest BCUT2D eigenvalue weighted by Crippen LogP contribution is -2.16. The molecule has 0 bridgehead atoms. The molecular weight excluding hydrogens is 230 g/mol. The maximum absolute atomic E-state index is 4.35. The summed E-state index contributed by atoms with van der Waals surface area (Å²) in [7, 11) is 0. The molecule has 90 valence electrons. The summed E-state index contributed by atoms with van der Waals surface area (Å²) in [5, 5.41) is 5.61. The first kappa shape index (κ1) is 11.0. The minimum Gasteiger partial charge on any atom is -0.369 e. The summed E-state index contributed by atoms with van der Waals surface area (Å²) in [6, 6.07) is 0. The third-order valence-electron chi connectivity index (χ3n) is 3.60. The molecule has 1 saturated carbocycles. The Morgan fingerprint density at radius 2 is 2.29 bits per heavy atom. The van der Waals surface area contributed by atoms with E-state index < -0.39 is 0 Å². The van der Waals surface area contributed by atoms with Gasteiger partial charge in [0, 0.05) is 6.54 Å². The molecule has 17 heavy (non-hydrogen) atoms. The van der Waals surface area contributed by atoms with Crippen LogP contribution in [-0.2, 0) is 0 Å². The zero-order valence-corrected chi connectivity index (χ0v) is 10.9. The van der Waals surface area contributed by atoms with Gasteiger partial charge in [-0.25, -0.2) is 9.97 Å². The topological polar surface area (TPSA) is 37.8 Å². The van der Waals surface area contributed by atoms with Crippen molar-refractivity contribution in [1.29, 1.82) is 0 Å². The highest BCUT2D eigenvalue weighted by molar-refractivity contribution is 7.18. The van der Waals surface area contributed by atoms with E-state index in [-0.39, 0.29) is 0 Å². The van der Waals surface area contributed by atoms with Crippen molar-refractivity contribution >= 4 is 27.4 Å². The standard InChI is InChI=1S/C13H17N3S/c1-9-7-17-12-11(9)15-8-16-13(12)14-6-5-10-3-2-4-10/h7-8,10H,2-6H2,1H3,(H,14,15,16). The van der Waals surface area contributed by atoms with Gasteiger partial charge < -0.3 is 5.32 Å². The fraction of sp³-hybridized carbons (Fsp3) is 0.538. The number of nitrogens with one attached hydrogen (secondary N) is 1. The monoisotopic (exact) mass is 247 g/mol. The number of aromatic nitrogens is 2. The van der Waals surface area contributed by atoms with Gasteiger partial charge in [0.2, 0.25) is 0 Å². The Hall–Kier alpha value is -1.16. The first-order chi connectivity index (χ1) is 8.34. The van der Waals surface area contributed by atoms with Crippen LogP contribution in [0.1, 0.15) is 31.2 Å². The Kier molecular flexibility index (Phi) is 2.97. The Morgan fingerprint density at radius 3 is 3.06 bits per heavy atom. The predicted octanol–water partition coefficient (Wildman–Crippen LogP) is 3.60. The van der Waals surface area contributed by atoms with Gasteiger partial charge in [0.05, 0.1) is 10.2 Å². The molecule has 0 radical (unpaired) electrons. The van der Waals surface area contributed by atoms with Crippen molar-refractivity contribution in [2.75, 3.05) is 11.9 Å². The maximum Gasteiger partial charge on any atom is 0.147 e. The minimum absolute atomic E-state index is 0.949. The summed E-state index contributed by atoms with van der Waals surface area (Å²) < 4.78 is 1.19. The molecule has 3 nitrogen and oxygen atoms in total. The minimum atomic E-state index is 0.949. The van der Waals surface area contributed by atoms with Crippen LogP contribution in [0.4, 0.5) is 5.82 Å². The molecule has 2 aromatic heterocycles. The number of hydrogen-bond donors (Lipinski definition) is 1. The SMILES string of the molecule is Cc1csc2c(NCCC3CCC3)ncnc12. The Labute approximate surface area is 105 Å². The normalized spacial score (nSPS) is 16.1. The fourth-order valence-corrected chi connectivity index (χ4v) is 3.24. The van der Waals surface area contributed by atoms with E-state index in [1.807, 2.05) is 0 Å². The van der Waals surface area contributed by atoms with Crippen LogP contribution < -0.4 is 5.32 Å². The van der Waals surface area contributed by atoms with Crippen LogP contribution >= 0.6 is 11.3 Å². The van der Waals surface area contributed by atoms with E-state index in [9.17, 15) is 0 Å². The average Bonchev–Trinajstić information content (AvgIpc) is 2.65. The number of aryl methyl sites for hydroxylation is 1. The van der Waals surface area contributed by atoms with E-state index >= 15 is 0 Å². The summed E-state index contributed by atoms with van der Waals surface area (Å²) in [5.74, 6) is 1.96. The van der Waals surface area contributed by atoms with Gasteiger partial charge in [0.1, 0.15) is 12.1 Å². The molecule has 2 aromatic rings. The van der Waals surface area contributed by atoms with Crippen molar-refractivity contribution < 1.29 is 0 Å². The van der Waals surface area contributed by atoms with Crippen LogP contribution in [0.15, 0.2) is 11.7 Å². The first-order valence-corrected chi connectivity index (χ1v) is 7.15. The lowest BCUT2D eigenvalue weighted by atomic mass is 9.83. The highest BCUT2D eigenvalue weighted by atomic mass is 32.1. The molecule has 4 heteroatoms. The number of hydrogen-bond acceptors (Lipinski definition) is 4. The first-order valence-electron chi connectivity index (χ1n) is 6.27. The smallest absolute Gasteiger partial charge is 0.147 e. The van der Waals surface area contributed by atoms with Gasteiger partial charge in [-0.2, -0.15) is 0 Å². The van der Waals surface area contributed by atoms with Crippen LogP contribution in [0.2, 0.25) is 0 Å². The Morgan fingerprint density at radius 1 is 1.41 bits per heavy atom. The predicted molar refractivity (Wildman–Crippen MR) is 72.6 cm³/mol. The van der Waals surface area contributed by atoms with Crippen molar-refractivity contribution in [3.05, 3.63) is 17.3 Å². The largest absolute Gasteiger partial charge is 0.369 e. The molecule has 1 aliphatic rings. The summed E-state index contributed by atoms with van der Waals surface area (Å²) >= 11 is 1.73. The van der Waals surface area contributed by atoms with Gasteiger partial charge in [-0.1, -0.05) is 19.3 Å². The summed E-state index contributed by atoms with van der Waals surface area (Å²) in [5.41, 5.74) is 2.34. The molecule has 1 fully saturated rings. The number of nitrogens with zero attached hydrogens (tertiary/aromatic N) is 2. The molecular formula is C13H17N3S. The molecule has 0 saturated heterocycles. The number of fused-ring (bicyclic) bond motifs is 1. The van der Waals surface area contributed by atoms with E-state index in [0.717, 1.165) is 23.8 Å². The van der Waals surface area contributed by atoms with Gasteiger partial charge in [-0.05, 0) is 30.2 Å². The van der Waals surface area contributed by atoms with Crippen molar-refractivity contribution in [2.45, 2.75) is 32.6 Å². The second kappa shape index (κ2) is 4.61. The van der Waals surface area contributed by atoms with Crippen LogP contribution in [0.3, 0.4) is 0 Å². The molecule has 1 N–H and O–H groups in total. The van der Waals surface area contributed by atoms with Gasteiger partial charge in [0.25, 0.3) is 0 Å². The third-order valence-corrected chi connectivity index (χ3v) is 4.69. The zero-order valence-electron chi connectivity index (χ0n) is 10.1. The molecule has 0 unspecified atom stereocenters. The van der Waals surface area contributed by atoms with Gasteiger partial charge in [0.15, 0.2) is 0 Å². The highest BCUT2D eigenvalue weighted by Gasteiger charge is 2.16. The van der Waals surface area contributed by atoms with E-state index in [1.54, 1.807) is 17.7 Å². The van der Waals surface area contributed by atoms with Crippen molar-refractivity contribution in [3.63, 3.8) is 0 Å². The quantitative estimate of drug-likeness (QED) is 0.897. The Bertz CT molecular complexity index is 516. The average molecular weight is 247 g/mol. The number of rotatable bonds is 4. The van der Waals surface area contributed by atoms with Gasteiger partial charge in [-0.3, -0.25) is 0 Å². The van der Waals surface area contributed by atoms with E-state index in [0.29, 0.717) is 0 Å². The molecule has 0 atom stereocenters. The van der Waals surface area contributed by atoms with Crippen molar-refractivity contribution in [2.24, 2.45) is 5.92 Å². The van der Waals surface area contributed by atoms with E-state index in [4.69, 9.17) is 0 Å². The lowest BCUT2D eigenvalue weighted by Gasteiger charge is -2.25. The van der Waals surface area contributed by atoms with E-state index in [2.05, 4.69) is 27.6 Å². The number of thiophene rings is 1. The molecule has 0 spiro atoms. The molecule has 3 rings (SSSR count). The Balaban J connectivity index is 1.71. The molecule has 1 aliphatic carbocycles. The molecule has 2 heterocycles. The van der Waals surface area contributed by atoms with Crippen LogP contribution in [0.5, 0.6) is 0 Å². The summed E-state index contributed by atoms with van der Waals surface area (Å²) in [6.07, 6.45) is 7.19.